The predicted molar refractivity (Wildman–Crippen MR) is 107 cm³/mol. The van der Waals surface area contributed by atoms with E-state index in [2.05, 4.69) is 26.7 Å². The van der Waals surface area contributed by atoms with Crippen LogP contribution in [-0.2, 0) is 0 Å². The summed E-state index contributed by atoms with van der Waals surface area (Å²) >= 11 is 0. The molecule has 1 amide bonds. The largest absolute Gasteiger partial charge is 0.494 e. The van der Waals surface area contributed by atoms with E-state index in [0.29, 0.717) is 35.2 Å². The molecular weight excluding hydrogens is 354 g/mol. The number of rotatable bonds is 6. The van der Waals surface area contributed by atoms with E-state index in [-0.39, 0.29) is 11.6 Å². The van der Waals surface area contributed by atoms with Crippen molar-refractivity contribution in [2.45, 2.75) is 13.8 Å². The van der Waals surface area contributed by atoms with Gasteiger partial charge in [-0.1, -0.05) is 12.1 Å². The summed E-state index contributed by atoms with van der Waals surface area (Å²) in [7, 11) is 0. The summed E-state index contributed by atoms with van der Waals surface area (Å²) in [5.41, 5.74) is 1.95. The molecule has 0 spiro atoms. The van der Waals surface area contributed by atoms with Crippen molar-refractivity contribution in [3.05, 3.63) is 71.7 Å². The van der Waals surface area contributed by atoms with Crippen LogP contribution in [0.4, 0.5) is 17.2 Å². The third-order valence-corrected chi connectivity index (χ3v) is 3.80. The fourth-order valence-corrected chi connectivity index (χ4v) is 2.57. The average molecular weight is 373 g/mol. The molecule has 2 aromatic carbocycles. The first-order chi connectivity index (χ1) is 13.6. The molecule has 1 heterocycles. The lowest BCUT2D eigenvalue weighted by Crippen LogP contribution is -2.15. The van der Waals surface area contributed by atoms with Gasteiger partial charge in [0.15, 0.2) is 0 Å². The number of hydrogen-bond acceptors (Lipinski definition) is 6. The van der Waals surface area contributed by atoms with Crippen LogP contribution in [0.15, 0.2) is 54.6 Å². The second-order valence-electron chi connectivity index (χ2n) is 5.88. The molecule has 0 atom stereocenters. The number of nitrogens with one attached hydrogen (secondary N) is 2. The van der Waals surface area contributed by atoms with Crippen LogP contribution in [0.3, 0.4) is 0 Å². The molecule has 0 saturated carbocycles. The van der Waals surface area contributed by atoms with Crippen LogP contribution in [0, 0.1) is 18.3 Å². The molecule has 2 N–H and O–H groups in total. The molecule has 3 rings (SSSR count). The van der Waals surface area contributed by atoms with Crippen molar-refractivity contribution in [2.75, 3.05) is 17.2 Å². The number of ether oxygens (including phenoxy) is 1. The second-order valence-corrected chi connectivity index (χ2v) is 5.88. The molecule has 0 bridgehead atoms. The number of nitriles is 1. The molecule has 1 aromatic heterocycles. The average Bonchev–Trinajstić information content (AvgIpc) is 2.69. The molecule has 7 heteroatoms. The molecule has 28 heavy (non-hydrogen) atoms. The van der Waals surface area contributed by atoms with Gasteiger partial charge in [0, 0.05) is 11.8 Å². The fraction of sp³-hybridized carbons (Fsp3) is 0.143. The lowest BCUT2D eigenvalue weighted by molar-refractivity contribution is 0.102. The van der Waals surface area contributed by atoms with E-state index in [9.17, 15) is 10.1 Å². The van der Waals surface area contributed by atoms with Gasteiger partial charge in [-0.15, -0.1) is 0 Å². The third kappa shape index (κ3) is 4.62. The van der Waals surface area contributed by atoms with E-state index in [4.69, 9.17) is 4.74 Å². The number of benzene rings is 2. The number of para-hydroxylation sites is 1. The summed E-state index contributed by atoms with van der Waals surface area (Å²) in [5.74, 6) is 1.26. The molecule has 0 aliphatic heterocycles. The van der Waals surface area contributed by atoms with E-state index in [1.54, 1.807) is 55.5 Å². The summed E-state index contributed by atoms with van der Waals surface area (Å²) < 4.78 is 5.39. The summed E-state index contributed by atoms with van der Waals surface area (Å²) in [5, 5.41) is 15.1. The number of nitrogens with zero attached hydrogens (tertiary/aromatic N) is 3. The Labute approximate surface area is 163 Å². The first kappa shape index (κ1) is 18.9. The van der Waals surface area contributed by atoms with Crippen molar-refractivity contribution in [1.82, 2.24) is 9.97 Å². The van der Waals surface area contributed by atoms with Crippen LogP contribution >= 0.6 is 0 Å². The maximum absolute atomic E-state index is 12.6. The second kappa shape index (κ2) is 8.64. The van der Waals surface area contributed by atoms with Crippen molar-refractivity contribution in [3.63, 3.8) is 0 Å². The van der Waals surface area contributed by atoms with Gasteiger partial charge in [0.2, 0.25) is 0 Å². The first-order valence-corrected chi connectivity index (χ1v) is 8.75. The molecule has 0 fully saturated rings. The minimum atomic E-state index is -0.355. The van der Waals surface area contributed by atoms with Crippen molar-refractivity contribution in [2.24, 2.45) is 0 Å². The Bertz CT molecular complexity index is 1030. The van der Waals surface area contributed by atoms with Gasteiger partial charge in [-0.25, -0.2) is 9.97 Å². The zero-order valence-electron chi connectivity index (χ0n) is 15.6. The molecule has 0 radical (unpaired) electrons. The smallest absolute Gasteiger partial charge is 0.274 e. The monoisotopic (exact) mass is 373 g/mol. The SMILES string of the molecule is CCOc1ccc(NC(=O)c2cc(Nc3ccccc3C#N)nc(C)n2)cc1. The Morgan fingerprint density at radius 2 is 1.89 bits per heavy atom. The van der Waals surface area contributed by atoms with E-state index in [1.165, 1.54) is 0 Å². The number of carbonyl (C=O) groups excluding carboxylic acids is 1. The number of aromatic nitrogens is 2. The quantitative estimate of drug-likeness (QED) is 0.676. The number of carbonyl (C=O) groups is 1. The third-order valence-electron chi connectivity index (χ3n) is 3.80. The Hall–Kier alpha value is -3.92. The molecule has 0 aliphatic rings. The standard InChI is InChI=1S/C21H19N5O2/c1-3-28-17-10-8-16(9-11-17)25-21(27)19-12-20(24-14(2)23-19)26-18-7-5-4-6-15(18)13-22/h4-12H,3H2,1-2H3,(H,25,27)(H,23,24,26). The minimum Gasteiger partial charge on any atom is -0.494 e. The van der Waals surface area contributed by atoms with Crippen molar-refractivity contribution in [3.8, 4) is 11.8 Å². The van der Waals surface area contributed by atoms with Crippen molar-refractivity contribution in [1.29, 1.82) is 5.26 Å². The lowest BCUT2D eigenvalue weighted by Gasteiger charge is -2.10. The van der Waals surface area contributed by atoms with E-state index < -0.39 is 0 Å². The molecule has 0 aliphatic carbocycles. The lowest BCUT2D eigenvalue weighted by atomic mass is 10.2. The summed E-state index contributed by atoms with van der Waals surface area (Å²) in [4.78, 5) is 21.1. The molecule has 3 aromatic rings. The number of hydrogen-bond donors (Lipinski definition) is 2. The maximum Gasteiger partial charge on any atom is 0.274 e. The van der Waals surface area contributed by atoms with Gasteiger partial charge in [-0.05, 0) is 50.2 Å². The highest BCUT2D eigenvalue weighted by Crippen LogP contribution is 2.20. The van der Waals surface area contributed by atoms with Crippen molar-refractivity contribution < 1.29 is 9.53 Å². The molecule has 7 nitrogen and oxygen atoms in total. The van der Waals surface area contributed by atoms with E-state index in [0.717, 1.165) is 5.75 Å². The predicted octanol–water partition coefficient (Wildman–Crippen LogP) is 4.05. The molecule has 0 saturated heterocycles. The number of amides is 1. The van der Waals surface area contributed by atoms with Crippen LogP contribution < -0.4 is 15.4 Å². The molecule has 0 unspecified atom stereocenters. The number of anilines is 3. The van der Waals surface area contributed by atoms with Gasteiger partial charge in [0.05, 0.1) is 17.9 Å². The Morgan fingerprint density at radius 1 is 1.14 bits per heavy atom. The summed E-state index contributed by atoms with van der Waals surface area (Å²) in [6.45, 7) is 4.19. The van der Waals surface area contributed by atoms with Gasteiger partial charge in [0.1, 0.15) is 29.2 Å². The van der Waals surface area contributed by atoms with Crippen LogP contribution in [0.25, 0.3) is 0 Å². The van der Waals surface area contributed by atoms with Gasteiger partial charge in [-0.3, -0.25) is 4.79 Å². The molecule has 140 valence electrons. The van der Waals surface area contributed by atoms with E-state index >= 15 is 0 Å². The van der Waals surface area contributed by atoms with Gasteiger partial charge >= 0.3 is 0 Å². The highest BCUT2D eigenvalue weighted by molar-refractivity contribution is 6.03. The van der Waals surface area contributed by atoms with Crippen LogP contribution in [0.2, 0.25) is 0 Å². The minimum absolute atomic E-state index is 0.221. The fourth-order valence-electron chi connectivity index (χ4n) is 2.57. The Morgan fingerprint density at radius 3 is 2.61 bits per heavy atom. The topological polar surface area (TPSA) is 99.9 Å². The van der Waals surface area contributed by atoms with Crippen LogP contribution in [0.5, 0.6) is 5.75 Å². The Balaban J connectivity index is 1.78. The molecular formula is C21H19N5O2. The van der Waals surface area contributed by atoms with Crippen LogP contribution in [-0.4, -0.2) is 22.5 Å². The van der Waals surface area contributed by atoms with Gasteiger partial charge in [0.25, 0.3) is 5.91 Å². The van der Waals surface area contributed by atoms with Gasteiger partial charge < -0.3 is 15.4 Å². The number of aryl methyl sites for hydroxylation is 1. The Kier molecular flexibility index (Phi) is 5.82. The van der Waals surface area contributed by atoms with Gasteiger partial charge in [-0.2, -0.15) is 5.26 Å². The highest BCUT2D eigenvalue weighted by Gasteiger charge is 2.12. The highest BCUT2D eigenvalue weighted by atomic mass is 16.5. The zero-order valence-corrected chi connectivity index (χ0v) is 15.6. The zero-order chi connectivity index (χ0) is 19.9. The normalized spacial score (nSPS) is 10.0. The summed E-state index contributed by atoms with van der Waals surface area (Å²) in [6, 6.07) is 17.8. The first-order valence-electron chi connectivity index (χ1n) is 8.75. The van der Waals surface area contributed by atoms with Crippen molar-refractivity contribution >= 4 is 23.1 Å². The summed E-state index contributed by atoms with van der Waals surface area (Å²) in [6.07, 6.45) is 0. The van der Waals surface area contributed by atoms with Crippen LogP contribution in [0.1, 0.15) is 28.8 Å². The maximum atomic E-state index is 12.6. The van der Waals surface area contributed by atoms with E-state index in [1.807, 2.05) is 13.0 Å².